The predicted molar refractivity (Wildman–Crippen MR) is 535 cm³/mol. The lowest BCUT2D eigenvalue weighted by Gasteiger charge is -2.32. The third kappa shape index (κ3) is 34.1. The SMILES string of the molecule is C.Cc1cc(Cl)c2cccc(F)c2n1.Cc1cc(OC2CCN(Cc3ccccc3C#N)CC2)c2cccc(F)c2n1.Cc1cc(OC2CCN(Cc3ccccc3C(=O)O)CC2)c2cccc(F)c2n1.Cl.I.I.II.N#Cc1ccccc1CBr.N#Cc1ccccc1CN1CCC(O)CC1.N#Cc1ccccc1CN1CCC(O)CC1.OC1CCNCC1. The van der Waals surface area contributed by atoms with E-state index in [0.717, 1.165) is 227 Å². The van der Waals surface area contributed by atoms with Crippen molar-refractivity contribution in [3.05, 3.63) is 289 Å². The first-order chi connectivity index (χ1) is 58.7. The molecule has 5 N–H and O–H groups in total. The Balaban J connectivity index is 0.000000268. The van der Waals surface area contributed by atoms with Crippen LogP contribution >= 0.6 is 125 Å². The van der Waals surface area contributed by atoms with Gasteiger partial charge in [0, 0.05) is 166 Å². The van der Waals surface area contributed by atoms with Crippen molar-refractivity contribution in [3.63, 3.8) is 0 Å². The number of aliphatic hydroxyl groups excluding tert-OH is 3. The van der Waals surface area contributed by atoms with Crippen molar-refractivity contribution in [1.82, 2.24) is 39.9 Å². The lowest BCUT2D eigenvalue weighted by Crippen LogP contribution is -2.38. The van der Waals surface area contributed by atoms with Crippen LogP contribution in [0, 0.1) is 83.5 Å². The van der Waals surface area contributed by atoms with Crippen LogP contribution in [0.25, 0.3) is 32.7 Å². The van der Waals surface area contributed by atoms with Crippen molar-refractivity contribution < 1.29 is 47.9 Å². The van der Waals surface area contributed by atoms with Crippen molar-refractivity contribution in [2.45, 2.75) is 154 Å². The molecule has 0 spiro atoms. The van der Waals surface area contributed by atoms with Crippen molar-refractivity contribution >= 4 is 164 Å². The van der Waals surface area contributed by atoms with Crippen molar-refractivity contribution in [3.8, 4) is 35.8 Å². The molecule has 0 radical (unpaired) electrons. The number of carboxylic acid groups (broad SMARTS) is 1. The standard InChI is InChI=1S/C23H22FN3O.C23H23FN2O3.2C13H16N2O.C10H7ClFN.C8H6BrN.C5H11NO.CH4.ClH.I2.2HI/c1-16-13-22(20-7-4-8-21(24)23(20)26-16)28-19-9-11-27(12-10-19)15-18-6-3-2-5-17(18)14-25;1-15-13-21(19-7-4-8-20(24)22(19)25-15)29-17-9-11-26(12-10-17)14-16-5-2-3-6-18(16)23(27)28;2*14-9-11-3-1-2-4-12(11)10-15-7-5-13(16)6-8-15;1-6-5-8(11)7-3-2-4-9(12)10(7)13-6;9-5-7-3-1-2-4-8(7)6-10;7-5-1-3-6-4-2-5;;;1-2;;/h2-8,13,19H,9-12,15H2,1H3;2-8,13,17H,9-12,14H2,1H3,(H,27,28);2*1-4,13,16H,5-8,10H2;2-5H,1H3;1-4H,5H2;5-7H,1-4H2;1H4;1H;;2*1H. The number of carboxylic acids is 1. The number of nitriles is 4. The number of likely N-dealkylation sites (tertiary alicyclic amines) is 4. The minimum Gasteiger partial charge on any atom is -0.490 e. The fourth-order valence-corrected chi connectivity index (χ4v) is 15.5. The number of halogens is 10. The molecule has 0 unspecified atom stereocenters. The Morgan fingerprint density at radius 3 is 1.06 bits per heavy atom. The van der Waals surface area contributed by atoms with Gasteiger partial charge in [0.05, 0.1) is 75.4 Å². The van der Waals surface area contributed by atoms with Gasteiger partial charge in [-0.1, -0.05) is 150 Å². The second-order valence-electron chi connectivity index (χ2n) is 30.0. The van der Waals surface area contributed by atoms with E-state index in [1.165, 1.54) is 18.2 Å². The zero-order valence-electron chi connectivity index (χ0n) is 69.3. The number of hydrogen-bond donors (Lipinski definition) is 5. The number of nitrogens with zero attached hydrogens (tertiary/aromatic N) is 11. The molecule has 5 aliphatic heterocycles. The molecule has 0 saturated carbocycles. The average molecular weight is 2260 g/mol. The van der Waals surface area contributed by atoms with Crippen LogP contribution < -0.4 is 14.8 Å². The Labute approximate surface area is 809 Å². The Bertz CT molecular complexity index is 5290. The number of pyridine rings is 3. The first-order valence-corrected chi connectivity index (χ1v) is 48.2. The van der Waals surface area contributed by atoms with Gasteiger partial charge in [-0.2, -0.15) is 21.0 Å². The molecule has 19 nitrogen and oxygen atoms in total. The molecule has 125 heavy (non-hydrogen) atoms. The molecule has 0 atom stereocenters. The summed E-state index contributed by atoms with van der Waals surface area (Å²) in [6.07, 6.45) is 8.50. The number of benzene rings is 8. The minimum atomic E-state index is -0.897. The van der Waals surface area contributed by atoms with Crippen molar-refractivity contribution in [2.24, 2.45) is 0 Å². The van der Waals surface area contributed by atoms with Crippen LogP contribution in [0.5, 0.6) is 11.5 Å². The third-order valence-corrected chi connectivity index (χ3v) is 22.1. The number of carbonyl (C=O) groups is 1. The van der Waals surface area contributed by atoms with E-state index in [2.05, 4.69) is 117 Å². The summed E-state index contributed by atoms with van der Waals surface area (Å²) in [5.74, 6) is -0.522. The first-order valence-electron chi connectivity index (χ1n) is 40.4. The number of aryl methyl sites for hydroxylation is 3. The number of para-hydroxylation sites is 3. The maximum atomic E-state index is 14.1. The molecule has 11 aromatic rings. The van der Waals surface area contributed by atoms with Crippen LogP contribution in [-0.4, -0.2) is 157 Å². The molecule has 8 heterocycles. The van der Waals surface area contributed by atoms with E-state index < -0.39 is 5.97 Å². The molecule has 0 aliphatic carbocycles. The van der Waals surface area contributed by atoms with Gasteiger partial charge in [0.25, 0.3) is 0 Å². The zero-order valence-corrected chi connectivity index (χ0v) is 81.5. The van der Waals surface area contributed by atoms with Gasteiger partial charge in [-0.3, -0.25) is 19.6 Å². The quantitative estimate of drug-likeness (QED) is 0.0500. The maximum absolute atomic E-state index is 14.1. The Kier molecular flexibility index (Phi) is 49.6. The molecule has 16 rings (SSSR count). The number of fused-ring (bicyclic) bond motifs is 3. The highest BCUT2D eigenvalue weighted by Gasteiger charge is 2.27. The lowest BCUT2D eigenvalue weighted by atomic mass is 10.0. The van der Waals surface area contributed by atoms with Crippen LogP contribution in [0.4, 0.5) is 13.2 Å². The summed E-state index contributed by atoms with van der Waals surface area (Å²) >= 11 is 13.5. The monoisotopic (exact) mass is 2250 g/mol. The topological polar surface area (TPSA) is 275 Å². The second-order valence-corrected chi connectivity index (χ2v) is 31.0. The van der Waals surface area contributed by atoms with Gasteiger partial charge in [0.1, 0.15) is 57.7 Å². The molecule has 0 amide bonds. The summed E-state index contributed by atoms with van der Waals surface area (Å²) in [6, 6.07) is 66.8. The number of alkyl halides is 1. The van der Waals surface area contributed by atoms with Gasteiger partial charge in [-0.15, -0.1) is 60.4 Å². The Morgan fingerprint density at radius 2 is 0.736 bits per heavy atom. The Hall–Kier alpha value is -7.53. The van der Waals surface area contributed by atoms with Gasteiger partial charge >= 0.3 is 5.97 Å². The molecule has 5 fully saturated rings. The van der Waals surface area contributed by atoms with Crippen molar-refractivity contribution in [2.75, 3.05) is 65.4 Å². The van der Waals surface area contributed by atoms with Gasteiger partial charge in [0.15, 0.2) is 0 Å². The molecule has 664 valence electrons. The number of nitrogens with one attached hydrogen (secondary N) is 1. The number of ether oxygens (including phenoxy) is 2. The minimum absolute atomic E-state index is 0. The van der Waals surface area contributed by atoms with Crippen LogP contribution in [0.3, 0.4) is 0 Å². The smallest absolute Gasteiger partial charge is 0.336 e. The molecule has 0 bridgehead atoms. The molecule has 29 heteroatoms. The van der Waals surface area contributed by atoms with Gasteiger partial charge < -0.3 is 35.2 Å². The van der Waals surface area contributed by atoms with E-state index in [4.69, 9.17) is 42.0 Å². The fourth-order valence-electron chi connectivity index (χ4n) is 14.7. The van der Waals surface area contributed by atoms with E-state index in [1.54, 1.807) is 49.4 Å². The first kappa shape index (κ1) is 108. The van der Waals surface area contributed by atoms with E-state index in [9.17, 15) is 38.5 Å². The summed E-state index contributed by atoms with van der Waals surface area (Å²) in [4.78, 5) is 33.3. The highest BCUT2D eigenvalue weighted by atomic mass is 128. The number of aromatic carboxylic acids is 1. The van der Waals surface area contributed by atoms with Gasteiger partial charge in [-0.25, -0.2) is 32.9 Å². The third-order valence-electron chi connectivity index (χ3n) is 21.2. The van der Waals surface area contributed by atoms with Crippen LogP contribution in [0.1, 0.15) is 149 Å². The molecular weight excluding hydrogens is 2150 g/mol. The second kappa shape index (κ2) is 57.4. The summed E-state index contributed by atoms with van der Waals surface area (Å²) in [7, 11) is 0. The highest BCUT2D eigenvalue weighted by Crippen LogP contribution is 2.33. The van der Waals surface area contributed by atoms with Crippen LogP contribution in [0.15, 0.2) is 194 Å². The molecule has 3 aromatic heterocycles. The van der Waals surface area contributed by atoms with E-state index in [0.29, 0.717) is 56.0 Å². The van der Waals surface area contributed by atoms with Gasteiger partial charge in [0.2, 0.25) is 0 Å². The van der Waals surface area contributed by atoms with E-state index in [-0.39, 0.29) is 116 Å². The lowest BCUT2D eigenvalue weighted by molar-refractivity contribution is 0.0690. The molecule has 5 saturated heterocycles. The number of piperidine rings is 5. The summed E-state index contributed by atoms with van der Waals surface area (Å²) in [5, 5.41) is 79.4. The van der Waals surface area contributed by atoms with E-state index in [1.807, 2.05) is 147 Å². The number of aromatic nitrogens is 3. The highest BCUT2D eigenvalue weighted by molar-refractivity contribution is 15.0. The number of hydrogen-bond acceptors (Lipinski definition) is 18. The molecule has 8 aromatic carbocycles. The predicted octanol–water partition coefficient (Wildman–Crippen LogP) is 21.6. The Morgan fingerprint density at radius 1 is 0.448 bits per heavy atom. The molecular formula is C96H108BrCl2F3I4N12O7. The zero-order chi connectivity index (χ0) is 86.6. The number of aliphatic hydroxyl groups is 3. The maximum Gasteiger partial charge on any atom is 0.336 e. The summed E-state index contributed by atoms with van der Waals surface area (Å²) in [6.45, 7) is 17.6. The van der Waals surface area contributed by atoms with Crippen LogP contribution in [0.2, 0.25) is 5.02 Å². The summed E-state index contributed by atoms with van der Waals surface area (Å²) in [5.41, 5.74) is 11.7. The van der Waals surface area contributed by atoms with Gasteiger partial charge in [-0.05, 0) is 193 Å². The van der Waals surface area contributed by atoms with Crippen molar-refractivity contribution in [1.29, 1.82) is 21.0 Å². The average Bonchev–Trinajstić information content (AvgIpc) is 0.799. The number of rotatable bonds is 14. The largest absolute Gasteiger partial charge is 0.490 e. The van der Waals surface area contributed by atoms with E-state index >= 15 is 0 Å². The normalized spacial score (nSPS) is 15.0. The summed E-state index contributed by atoms with van der Waals surface area (Å²) < 4.78 is 53.9. The molecule has 5 aliphatic rings. The van der Waals surface area contributed by atoms with Crippen LogP contribution in [-0.2, 0) is 31.5 Å². The fraction of sp³-hybridized carbons (Fsp3) is 0.354.